The Bertz CT molecular complexity index is 1070. The molecule has 8 heteroatoms. The molecule has 0 aliphatic carbocycles. The molecule has 2 aromatic heterocycles. The lowest BCUT2D eigenvalue weighted by atomic mass is 9.96. The molecule has 2 aliphatic heterocycles. The van der Waals surface area contributed by atoms with Crippen LogP contribution in [0.1, 0.15) is 101 Å². The molecule has 0 fully saturated rings. The van der Waals surface area contributed by atoms with Gasteiger partial charge in [-0.25, -0.2) is 0 Å². The van der Waals surface area contributed by atoms with Crippen LogP contribution in [-0.4, -0.2) is 34.7 Å². The zero-order valence-corrected chi connectivity index (χ0v) is 27.8. The Morgan fingerprint density at radius 1 is 0.711 bits per heavy atom. The van der Waals surface area contributed by atoms with E-state index in [0.29, 0.717) is 24.9 Å². The SMILES string of the molecule is CCCCC(CC)CN1C(=O)C2=C(C(=O)N(CC(CC)CCCC)C2c2ccc(Br)s2)C1c1ccc(Br)s1. The number of unbranched alkanes of at least 4 members (excludes halogenated alkanes) is 2. The van der Waals surface area contributed by atoms with Gasteiger partial charge in [-0.05, 0) is 80.8 Å². The second kappa shape index (κ2) is 13.6. The molecule has 0 spiro atoms. The maximum Gasteiger partial charge on any atom is 0.253 e. The van der Waals surface area contributed by atoms with Crippen LogP contribution < -0.4 is 0 Å². The molecule has 4 heterocycles. The molecule has 208 valence electrons. The van der Waals surface area contributed by atoms with E-state index < -0.39 is 0 Å². The number of halogens is 2. The molecule has 4 nitrogen and oxygen atoms in total. The maximum absolute atomic E-state index is 14.4. The summed E-state index contributed by atoms with van der Waals surface area (Å²) in [6, 6.07) is 7.65. The fourth-order valence-corrected chi connectivity index (χ4v) is 9.02. The molecule has 0 saturated carbocycles. The van der Waals surface area contributed by atoms with Crippen molar-refractivity contribution < 1.29 is 9.59 Å². The summed E-state index contributed by atoms with van der Waals surface area (Å²) in [5.74, 6) is 0.973. The van der Waals surface area contributed by atoms with Crippen molar-refractivity contribution in [1.82, 2.24) is 9.80 Å². The third kappa shape index (κ3) is 6.18. The fourth-order valence-electron chi connectivity index (χ4n) is 5.92. The Kier molecular flexibility index (Phi) is 10.7. The molecule has 38 heavy (non-hydrogen) atoms. The lowest BCUT2D eigenvalue weighted by Gasteiger charge is -2.35. The number of rotatable bonds is 14. The van der Waals surface area contributed by atoms with Gasteiger partial charge in [0.15, 0.2) is 0 Å². The van der Waals surface area contributed by atoms with E-state index in [1.807, 2.05) is 21.9 Å². The van der Waals surface area contributed by atoms with E-state index in [0.717, 1.165) is 79.8 Å². The summed E-state index contributed by atoms with van der Waals surface area (Å²) in [5.41, 5.74) is 1.43. The molecule has 2 aromatic rings. The molecular weight excluding hydrogens is 644 g/mol. The number of amides is 2. The first kappa shape index (κ1) is 30.0. The zero-order valence-electron chi connectivity index (χ0n) is 23.0. The predicted molar refractivity (Wildman–Crippen MR) is 167 cm³/mol. The van der Waals surface area contributed by atoms with Gasteiger partial charge in [0.2, 0.25) is 0 Å². The van der Waals surface area contributed by atoms with Gasteiger partial charge in [0.25, 0.3) is 11.8 Å². The average molecular weight is 685 g/mol. The predicted octanol–water partition coefficient (Wildman–Crippen LogP) is 9.53. The van der Waals surface area contributed by atoms with Crippen LogP contribution in [0.15, 0.2) is 43.0 Å². The van der Waals surface area contributed by atoms with Crippen molar-refractivity contribution in [3.05, 3.63) is 52.7 Å². The van der Waals surface area contributed by atoms with Gasteiger partial charge in [0.1, 0.15) is 0 Å². The second-order valence-corrected chi connectivity index (χ2v) is 15.7. The van der Waals surface area contributed by atoms with Gasteiger partial charge in [-0.2, -0.15) is 0 Å². The molecule has 4 atom stereocenters. The Hall–Kier alpha value is -0.960. The molecule has 0 N–H and O–H groups in total. The van der Waals surface area contributed by atoms with Gasteiger partial charge in [-0.1, -0.05) is 66.2 Å². The molecule has 4 rings (SSSR count). The first-order valence-corrected chi connectivity index (χ1v) is 17.4. The topological polar surface area (TPSA) is 40.6 Å². The number of thiophene rings is 2. The van der Waals surface area contributed by atoms with Gasteiger partial charge in [0.05, 0.1) is 30.8 Å². The largest absolute Gasteiger partial charge is 0.326 e. The van der Waals surface area contributed by atoms with Crippen LogP contribution in [-0.2, 0) is 9.59 Å². The van der Waals surface area contributed by atoms with E-state index in [-0.39, 0.29) is 23.9 Å². The van der Waals surface area contributed by atoms with Crippen molar-refractivity contribution in [1.29, 1.82) is 0 Å². The Morgan fingerprint density at radius 3 is 1.39 bits per heavy atom. The standard InChI is InChI=1S/C30H40Br2N2O2S2/c1-5-9-11-19(7-3)17-33-27(21-13-15-23(31)37-21)25-26(29(33)35)28(22-14-16-24(32)38-22)34(30(25)36)18-20(8-4)12-10-6-2/h13-16,19-20,27-28H,5-12,17-18H2,1-4H3. The summed E-state index contributed by atoms with van der Waals surface area (Å²) >= 11 is 10.5. The van der Waals surface area contributed by atoms with E-state index in [2.05, 4.69) is 71.7 Å². The van der Waals surface area contributed by atoms with Crippen LogP contribution in [0.3, 0.4) is 0 Å². The van der Waals surface area contributed by atoms with Crippen molar-refractivity contribution in [2.24, 2.45) is 11.8 Å². The van der Waals surface area contributed by atoms with Crippen molar-refractivity contribution in [3.8, 4) is 0 Å². The van der Waals surface area contributed by atoms with Gasteiger partial charge in [-0.3, -0.25) is 9.59 Å². The van der Waals surface area contributed by atoms with Crippen LogP contribution in [0.25, 0.3) is 0 Å². The fraction of sp³-hybridized carbons (Fsp3) is 0.600. The van der Waals surface area contributed by atoms with Crippen LogP contribution in [0.2, 0.25) is 0 Å². The summed E-state index contributed by atoms with van der Waals surface area (Å²) in [6.07, 6.45) is 8.92. The molecule has 0 radical (unpaired) electrons. The molecule has 4 unspecified atom stereocenters. The van der Waals surface area contributed by atoms with Gasteiger partial charge in [0, 0.05) is 22.8 Å². The lowest BCUT2D eigenvalue weighted by Crippen LogP contribution is -2.42. The number of nitrogens with zero attached hydrogens (tertiary/aromatic N) is 2. The van der Waals surface area contributed by atoms with Crippen LogP contribution >= 0.6 is 54.5 Å². The van der Waals surface area contributed by atoms with Crippen LogP contribution in [0.5, 0.6) is 0 Å². The van der Waals surface area contributed by atoms with E-state index in [9.17, 15) is 9.59 Å². The third-order valence-corrected chi connectivity index (χ3v) is 11.5. The number of hydrogen-bond donors (Lipinski definition) is 0. The van der Waals surface area contributed by atoms with Crippen molar-refractivity contribution >= 4 is 66.3 Å². The highest BCUT2D eigenvalue weighted by Crippen LogP contribution is 2.53. The van der Waals surface area contributed by atoms with E-state index in [1.54, 1.807) is 22.7 Å². The minimum absolute atomic E-state index is 0.0523. The normalized spacial score (nSPS) is 21.1. The van der Waals surface area contributed by atoms with E-state index >= 15 is 0 Å². The monoisotopic (exact) mass is 682 g/mol. The Morgan fingerprint density at radius 2 is 1.11 bits per heavy atom. The summed E-state index contributed by atoms with van der Waals surface area (Å²) in [6.45, 7) is 10.3. The highest BCUT2D eigenvalue weighted by Gasteiger charge is 2.54. The van der Waals surface area contributed by atoms with E-state index in [1.165, 1.54) is 0 Å². The molecule has 0 saturated heterocycles. The molecular formula is C30H40Br2N2O2S2. The number of carbonyl (C=O) groups is 2. The number of hydrogen-bond acceptors (Lipinski definition) is 4. The van der Waals surface area contributed by atoms with Crippen LogP contribution in [0, 0.1) is 11.8 Å². The smallest absolute Gasteiger partial charge is 0.253 e. The highest BCUT2D eigenvalue weighted by atomic mass is 79.9. The number of carbonyl (C=O) groups excluding carboxylic acids is 2. The first-order valence-electron chi connectivity index (χ1n) is 14.2. The van der Waals surface area contributed by atoms with Crippen molar-refractivity contribution in [2.75, 3.05) is 13.1 Å². The quantitative estimate of drug-likeness (QED) is 0.199. The summed E-state index contributed by atoms with van der Waals surface area (Å²) < 4.78 is 2.05. The maximum atomic E-state index is 14.4. The lowest BCUT2D eigenvalue weighted by molar-refractivity contribution is -0.132. The molecule has 0 aromatic carbocycles. The van der Waals surface area contributed by atoms with Crippen molar-refractivity contribution in [2.45, 2.75) is 91.1 Å². The highest BCUT2D eigenvalue weighted by molar-refractivity contribution is 9.11. The zero-order chi connectivity index (χ0) is 27.4. The van der Waals surface area contributed by atoms with E-state index in [4.69, 9.17) is 0 Å². The molecule has 2 amide bonds. The Balaban J connectivity index is 1.77. The van der Waals surface area contributed by atoms with Gasteiger partial charge >= 0.3 is 0 Å². The minimum atomic E-state index is -0.302. The Labute approximate surface area is 253 Å². The summed E-state index contributed by atoms with van der Waals surface area (Å²) in [7, 11) is 0. The second-order valence-electron chi connectivity index (χ2n) is 10.7. The molecule has 0 bridgehead atoms. The first-order chi connectivity index (χ1) is 18.3. The summed E-state index contributed by atoms with van der Waals surface area (Å²) in [4.78, 5) is 35.0. The average Bonchev–Trinajstić information content (AvgIpc) is 3.66. The van der Waals surface area contributed by atoms with Crippen molar-refractivity contribution in [3.63, 3.8) is 0 Å². The summed E-state index contributed by atoms with van der Waals surface area (Å²) in [5, 5.41) is 0. The third-order valence-electron chi connectivity index (χ3n) is 8.17. The van der Waals surface area contributed by atoms with Crippen LogP contribution in [0.4, 0.5) is 0 Å². The minimum Gasteiger partial charge on any atom is -0.326 e. The van der Waals surface area contributed by atoms with Gasteiger partial charge < -0.3 is 9.80 Å². The van der Waals surface area contributed by atoms with Gasteiger partial charge in [-0.15, -0.1) is 22.7 Å². The molecule has 2 aliphatic rings.